The summed E-state index contributed by atoms with van der Waals surface area (Å²) in [6, 6.07) is 5.26. The predicted octanol–water partition coefficient (Wildman–Crippen LogP) is 1.11. The van der Waals surface area contributed by atoms with Gasteiger partial charge in [0.25, 0.3) is 0 Å². The molecule has 0 spiro atoms. The molecule has 2 rings (SSSR count). The number of sulfonamides is 1. The van der Waals surface area contributed by atoms with Crippen LogP contribution in [0.2, 0.25) is 0 Å². The van der Waals surface area contributed by atoms with Crippen molar-refractivity contribution in [1.82, 2.24) is 4.31 Å². The van der Waals surface area contributed by atoms with E-state index in [9.17, 15) is 12.8 Å². The molecule has 1 aliphatic heterocycles. The monoisotopic (exact) mass is 273 g/mol. The standard InChI is InChI=1S/C12H16FNO3S/c13-11-4-1-3-10(7-11)9-18(16,17)14-6-2-5-12(14)8-15/h1,3-4,7,12,15H,2,5-6,8-9H2/t12-/m1/s1. The highest BCUT2D eigenvalue weighted by atomic mass is 32.2. The fourth-order valence-electron chi connectivity index (χ4n) is 2.28. The third kappa shape index (κ3) is 2.88. The van der Waals surface area contributed by atoms with Gasteiger partial charge in [0.15, 0.2) is 0 Å². The van der Waals surface area contributed by atoms with Crippen molar-refractivity contribution >= 4 is 10.0 Å². The van der Waals surface area contributed by atoms with Crippen LogP contribution in [0.3, 0.4) is 0 Å². The van der Waals surface area contributed by atoms with E-state index in [0.29, 0.717) is 18.5 Å². The smallest absolute Gasteiger partial charge is 0.218 e. The van der Waals surface area contributed by atoms with Crippen LogP contribution in [0.15, 0.2) is 24.3 Å². The number of aliphatic hydroxyl groups excluding tert-OH is 1. The fourth-order valence-corrected chi connectivity index (χ4v) is 4.08. The highest BCUT2D eigenvalue weighted by Crippen LogP contribution is 2.23. The minimum Gasteiger partial charge on any atom is -0.395 e. The first-order chi connectivity index (χ1) is 8.53. The highest BCUT2D eigenvalue weighted by Gasteiger charge is 2.33. The Labute approximate surface area is 106 Å². The zero-order chi connectivity index (χ0) is 13.2. The van der Waals surface area contributed by atoms with E-state index < -0.39 is 15.8 Å². The van der Waals surface area contributed by atoms with Crippen molar-refractivity contribution < 1.29 is 17.9 Å². The van der Waals surface area contributed by atoms with Crippen molar-refractivity contribution in [2.24, 2.45) is 0 Å². The second-order valence-electron chi connectivity index (χ2n) is 4.48. The van der Waals surface area contributed by atoms with Crippen LogP contribution in [-0.4, -0.2) is 37.0 Å². The summed E-state index contributed by atoms with van der Waals surface area (Å²) in [7, 11) is -3.48. The van der Waals surface area contributed by atoms with E-state index in [4.69, 9.17) is 5.11 Å². The van der Waals surface area contributed by atoms with E-state index in [1.807, 2.05) is 0 Å². The number of halogens is 1. The maximum absolute atomic E-state index is 13.0. The van der Waals surface area contributed by atoms with Gasteiger partial charge in [-0.3, -0.25) is 0 Å². The van der Waals surface area contributed by atoms with E-state index in [0.717, 1.165) is 6.42 Å². The van der Waals surface area contributed by atoms with E-state index >= 15 is 0 Å². The van der Waals surface area contributed by atoms with Crippen molar-refractivity contribution in [1.29, 1.82) is 0 Å². The normalized spacial score (nSPS) is 21.3. The number of rotatable bonds is 4. The molecule has 0 aromatic heterocycles. The Balaban J connectivity index is 2.17. The Kier molecular flexibility index (Phi) is 3.99. The molecular weight excluding hydrogens is 257 g/mol. The number of aliphatic hydroxyl groups is 1. The minimum atomic E-state index is -3.48. The molecular formula is C12H16FNO3S. The average molecular weight is 273 g/mol. The van der Waals surface area contributed by atoms with Crippen LogP contribution in [-0.2, 0) is 15.8 Å². The largest absolute Gasteiger partial charge is 0.395 e. The molecule has 100 valence electrons. The molecule has 1 atom stereocenters. The van der Waals surface area contributed by atoms with E-state index in [-0.39, 0.29) is 18.4 Å². The molecule has 0 amide bonds. The molecule has 1 aromatic carbocycles. The molecule has 0 saturated carbocycles. The lowest BCUT2D eigenvalue weighted by atomic mass is 10.2. The van der Waals surface area contributed by atoms with Gasteiger partial charge in [-0.2, -0.15) is 4.31 Å². The van der Waals surface area contributed by atoms with Crippen LogP contribution in [0.5, 0.6) is 0 Å². The summed E-state index contributed by atoms with van der Waals surface area (Å²) in [6.45, 7) is 0.269. The molecule has 1 aliphatic rings. The maximum Gasteiger partial charge on any atom is 0.218 e. The van der Waals surface area contributed by atoms with Crippen LogP contribution in [0.1, 0.15) is 18.4 Å². The van der Waals surface area contributed by atoms with Crippen molar-refractivity contribution in [3.8, 4) is 0 Å². The lowest BCUT2D eigenvalue weighted by Crippen LogP contribution is -2.38. The highest BCUT2D eigenvalue weighted by molar-refractivity contribution is 7.88. The van der Waals surface area contributed by atoms with Gasteiger partial charge in [0.1, 0.15) is 5.82 Å². The number of benzene rings is 1. The van der Waals surface area contributed by atoms with Gasteiger partial charge in [0.05, 0.1) is 12.4 Å². The van der Waals surface area contributed by atoms with Crippen LogP contribution >= 0.6 is 0 Å². The molecule has 1 N–H and O–H groups in total. The second-order valence-corrected chi connectivity index (χ2v) is 6.40. The molecule has 0 bridgehead atoms. The van der Waals surface area contributed by atoms with E-state index in [1.54, 1.807) is 6.07 Å². The van der Waals surface area contributed by atoms with Gasteiger partial charge < -0.3 is 5.11 Å². The summed E-state index contributed by atoms with van der Waals surface area (Å²) in [6.07, 6.45) is 1.44. The first kappa shape index (κ1) is 13.5. The number of hydrogen-bond donors (Lipinski definition) is 1. The molecule has 6 heteroatoms. The Hall–Kier alpha value is -0.980. The summed E-state index contributed by atoms with van der Waals surface area (Å²) < 4.78 is 38.7. The van der Waals surface area contributed by atoms with Gasteiger partial charge in [-0.1, -0.05) is 12.1 Å². The third-order valence-electron chi connectivity index (χ3n) is 3.13. The van der Waals surface area contributed by atoms with Gasteiger partial charge in [-0.15, -0.1) is 0 Å². The van der Waals surface area contributed by atoms with Crippen molar-refractivity contribution in [3.05, 3.63) is 35.6 Å². The lowest BCUT2D eigenvalue weighted by Gasteiger charge is -2.22. The molecule has 1 aromatic rings. The Morgan fingerprint density at radius 1 is 1.44 bits per heavy atom. The van der Waals surface area contributed by atoms with Crippen molar-refractivity contribution in [2.45, 2.75) is 24.6 Å². The van der Waals surface area contributed by atoms with Crippen LogP contribution in [0.4, 0.5) is 4.39 Å². The molecule has 1 fully saturated rings. The van der Waals surface area contributed by atoms with E-state index in [2.05, 4.69) is 0 Å². The molecule has 0 radical (unpaired) electrons. The van der Waals surface area contributed by atoms with Gasteiger partial charge in [-0.05, 0) is 30.5 Å². The zero-order valence-corrected chi connectivity index (χ0v) is 10.7. The molecule has 18 heavy (non-hydrogen) atoms. The minimum absolute atomic E-state index is 0.164. The fraction of sp³-hybridized carbons (Fsp3) is 0.500. The number of hydrogen-bond acceptors (Lipinski definition) is 3. The Morgan fingerprint density at radius 2 is 2.22 bits per heavy atom. The van der Waals surface area contributed by atoms with Gasteiger partial charge in [-0.25, -0.2) is 12.8 Å². The van der Waals surface area contributed by atoms with Crippen molar-refractivity contribution in [3.63, 3.8) is 0 Å². The lowest BCUT2D eigenvalue weighted by molar-refractivity contribution is 0.213. The summed E-state index contributed by atoms with van der Waals surface area (Å²) in [5, 5.41) is 9.14. The average Bonchev–Trinajstić information content (AvgIpc) is 2.77. The Morgan fingerprint density at radius 3 is 2.89 bits per heavy atom. The first-order valence-corrected chi connectivity index (χ1v) is 7.48. The second kappa shape index (κ2) is 5.34. The maximum atomic E-state index is 13.0. The summed E-state index contributed by atoms with van der Waals surface area (Å²) >= 11 is 0. The van der Waals surface area contributed by atoms with Gasteiger partial charge in [0, 0.05) is 12.6 Å². The summed E-state index contributed by atoms with van der Waals surface area (Å²) in [4.78, 5) is 0. The predicted molar refractivity (Wildman–Crippen MR) is 65.8 cm³/mol. The topological polar surface area (TPSA) is 57.6 Å². The Bertz CT molecular complexity index is 518. The zero-order valence-electron chi connectivity index (χ0n) is 9.92. The molecule has 1 heterocycles. The van der Waals surface area contributed by atoms with Gasteiger partial charge >= 0.3 is 0 Å². The number of nitrogens with zero attached hydrogens (tertiary/aromatic N) is 1. The van der Waals surface area contributed by atoms with E-state index in [1.165, 1.54) is 22.5 Å². The molecule has 0 aliphatic carbocycles. The van der Waals surface area contributed by atoms with Crippen molar-refractivity contribution in [2.75, 3.05) is 13.2 Å². The molecule has 1 saturated heterocycles. The quantitative estimate of drug-likeness (QED) is 0.894. The molecule has 0 unspecified atom stereocenters. The molecule has 4 nitrogen and oxygen atoms in total. The SMILES string of the molecule is O=S(=O)(Cc1cccc(F)c1)N1CCC[C@@H]1CO. The third-order valence-corrected chi connectivity index (χ3v) is 5.02. The summed E-state index contributed by atoms with van der Waals surface area (Å²) in [5.74, 6) is -0.663. The van der Waals surface area contributed by atoms with Gasteiger partial charge in [0.2, 0.25) is 10.0 Å². The van der Waals surface area contributed by atoms with Crippen LogP contribution < -0.4 is 0 Å². The van der Waals surface area contributed by atoms with Crippen LogP contribution in [0.25, 0.3) is 0 Å². The first-order valence-electron chi connectivity index (χ1n) is 5.88. The summed E-state index contributed by atoms with van der Waals surface area (Å²) in [5.41, 5.74) is 0.429. The van der Waals surface area contributed by atoms with Crippen LogP contribution in [0, 0.1) is 5.82 Å².